The van der Waals surface area contributed by atoms with Crippen molar-refractivity contribution < 1.29 is 14.5 Å². The number of aryl methyl sites for hydroxylation is 2. The summed E-state index contributed by atoms with van der Waals surface area (Å²) < 4.78 is 6.01. The molecule has 1 aliphatic carbocycles. The van der Waals surface area contributed by atoms with Gasteiger partial charge in [0.25, 0.3) is 5.69 Å². The molecule has 0 bridgehead atoms. The van der Waals surface area contributed by atoms with Gasteiger partial charge in [-0.2, -0.15) is 5.26 Å². The van der Waals surface area contributed by atoms with E-state index in [0.717, 1.165) is 22.3 Å². The van der Waals surface area contributed by atoms with E-state index in [1.54, 1.807) is 41.3 Å². The Bertz CT molecular complexity index is 1640. The number of non-ortho nitro benzene ring substituents is 1. The minimum atomic E-state index is -0.655. The molecule has 1 aliphatic heterocycles. The number of hydrogen-bond donors (Lipinski definition) is 1. The first-order chi connectivity index (χ1) is 19.2. The molecular formula is C31H27ClN4O4. The molecule has 1 heterocycles. The number of carbonyl (C=O) groups is 1. The van der Waals surface area contributed by atoms with Crippen molar-refractivity contribution in [3.8, 4) is 11.8 Å². The molecule has 1 atom stereocenters. The summed E-state index contributed by atoms with van der Waals surface area (Å²) in [7, 11) is 0. The molecule has 2 N–H and O–H groups in total. The second kappa shape index (κ2) is 10.9. The van der Waals surface area contributed by atoms with Crippen LogP contribution in [-0.4, -0.2) is 10.7 Å². The van der Waals surface area contributed by atoms with Crippen LogP contribution >= 0.6 is 11.6 Å². The lowest BCUT2D eigenvalue weighted by molar-refractivity contribution is -0.384. The first-order valence-electron chi connectivity index (χ1n) is 12.9. The summed E-state index contributed by atoms with van der Waals surface area (Å²) in [6.07, 6.45) is 1.53. The molecule has 0 radical (unpaired) electrons. The van der Waals surface area contributed by atoms with Gasteiger partial charge >= 0.3 is 0 Å². The summed E-state index contributed by atoms with van der Waals surface area (Å²) in [6.45, 7) is 4.24. The Kier molecular flexibility index (Phi) is 7.33. The van der Waals surface area contributed by atoms with Gasteiger partial charge in [0, 0.05) is 34.8 Å². The number of nitro groups is 1. The highest BCUT2D eigenvalue weighted by Gasteiger charge is 2.41. The molecule has 0 fully saturated rings. The zero-order valence-corrected chi connectivity index (χ0v) is 22.9. The van der Waals surface area contributed by atoms with E-state index in [1.165, 1.54) is 12.1 Å². The Balaban J connectivity index is 1.63. The van der Waals surface area contributed by atoms with Gasteiger partial charge in [0.15, 0.2) is 5.78 Å². The van der Waals surface area contributed by atoms with Crippen LogP contribution in [0.25, 0.3) is 0 Å². The Labute approximate surface area is 237 Å². The number of halogens is 1. The molecule has 2 aliphatic rings. The lowest BCUT2D eigenvalue weighted by atomic mass is 9.74. The molecule has 40 heavy (non-hydrogen) atoms. The number of ketones is 1. The van der Waals surface area contributed by atoms with Crippen LogP contribution in [0.1, 0.15) is 47.4 Å². The van der Waals surface area contributed by atoms with Crippen LogP contribution in [0.2, 0.25) is 5.02 Å². The lowest BCUT2D eigenvalue weighted by Crippen LogP contribution is -2.39. The van der Waals surface area contributed by atoms with E-state index in [9.17, 15) is 20.2 Å². The van der Waals surface area contributed by atoms with Gasteiger partial charge in [-0.1, -0.05) is 29.8 Å². The van der Waals surface area contributed by atoms with Gasteiger partial charge in [0.1, 0.15) is 18.2 Å². The van der Waals surface area contributed by atoms with Crippen molar-refractivity contribution in [3.63, 3.8) is 0 Å². The maximum absolute atomic E-state index is 13.5. The molecule has 9 heteroatoms. The maximum Gasteiger partial charge on any atom is 0.271 e. The average Bonchev–Trinajstić information content (AvgIpc) is 2.93. The minimum Gasteiger partial charge on any atom is -0.489 e. The number of benzene rings is 3. The van der Waals surface area contributed by atoms with Crippen LogP contribution in [0.5, 0.6) is 5.75 Å². The van der Waals surface area contributed by atoms with Crippen LogP contribution in [0.4, 0.5) is 11.4 Å². The van der Waals surface area contributed by atoms with Crippen molar-refractivity contribution in [2.45, 2.75) is 45.6 Å². The maximum atomic E-state index is 13.5. The molecule has 202 valence electrons. The SMILES string of the molecule is Cc1cc(C)c(C2C(C#N)=C(N)N(c3cccc([N+](=O)[O-])c3)C3=C2C(=O)CCC3)cc1COc1ccc(Cl)cc1. The first-order valence-corrected chi connectivity index (χ1v) is 13.3. The van der Waals surface area contributed by atoms with Gasteiger partial charge in [0.2, 0.25) is 0 Å². The fourth-order valence-electron chi connectivity index (χ4n) is 5.51. The van der Waals surface area contributed by atoms with E-state index in [4.69, 9.17) is 22.1 Å². The predicted octanol–water partition coefficient (Wildman–Crippen LogP) is 6.75. The highest BCUT2D eigenvalue weighted by molar-refractivity contribution is 6.30. The molecule has 0 saturated heterocycles. The van der Waals surface area contributed by atoms with Gasteiger partial charge in [-0.25, -0.2) is 0 Å². The molecule has 3 aromatic carbocycles. The predicted molar refractivity (Wildman–Crippen MR) is 153 cm³/mol. The van der Waals surface area contributed by atoms with Crippen molar-refractivity contribution in [2.24, 2.45) is 5.73 Å². The second-order valence-corrected chi connectivity index (χ2v) is 10.4. The summed E-state index contributed by atoms with van der Waals surface area (Å²) in [4.78, 5) is 26.2. The highest BCUT2D eigenvalue weighted by atomic mass is 35.5. The Morgan fingerprint density at radius 3 is 2.58 bits per heavy atom. The zero-order chi connectivity index (χ0) is 28.6. The van der Waals surface area contributed by atoms with Gasteiger partial charge in [-0.05, 0) is 79.3 Å². The minimum absolute atomic E-state index is 0.0547. The van der Waals surface area contributed by atoms with Crippen molar-refractivity contribution in [1.29, 1.82) is 5.26 Å². The molecule has 0 aromatic heterocycles. The summed E-state index contributed by atoms with van der Waals surface area (Å²) >= 11 is 5.99. The molecule has 5 rings (SSSR count). The molecule has 8 nitrogen and oxygen atoms in total. The summed E-state index contributed by atoms with van der Waals surface area (Å²) in [5.74, 6) is 0.129. The zero-order valence-electron chi connectivity index (χ0n) is 22.1. The number of carbonyl (C=O) groups excluding carboxylic acids is 1. The fraction of sp³-hybridized carbons (Fsp3) is 0.226. The molecule has 3 aromatic rings. The van der Waals surface area contributed by atoms with Crippen LogP contribution in [0.15, 0.2) is 83.3 Å². The number of ether oxygens (including phenoxy) is 1. The number of hydrogen-bond acceptors (Lipinski definition) is 7. The molecule has 0 spiro atoms. The highest BCUT2D eigenvalue weighted by Crippen LogP contribution is 2.47. The largest absolute Gasteiger partial charge is 0.489 e. The van der Waals surface area contributed by atoms with Gasteiger partial charge in [0.05, 0.1) is 28.2 Å². The third-order valence-corrected chi connectivity index (χ3v) is 7.71. The number of nitro benzene ring substituents is 1. The van der Waals surface area contributed by atoms with E-state index >= 15 is 0 Å². The van der Waals surface area contributed by atoms with Gasteiger partial charge in [-0.15, -0.1) is 0 Å². The van der Waals surface area contributed by atoms with E-state index in [2.05, 4.69) is 6.07 Å². The molecule has 0 saturated carbocycles. The average molecular weight is 555 g/mol. The summed E-state index contributed by atoms with van der Waals surface area (Å²) in [5.41, 5.74) is 12.1. The van der Waals surface area contributed by atoms with Crippen molar-refractivity contribution in [2.75, 3.05) is 4.90 Å². The van der Waals surface area contributed by atoms with Crippen LogP contribution < -0.4 is 15.4 Å². The van der Waals surface area contributed by atoms with Crippen LogP contribution in [0, 0.1) is 35.3 Å². The first kappa shape index (κ1) is 27.0. The van der Waals surface area contributed by atoms with Gasteiger partial charge < -0.3 is 10.5 Å². The summed E-state index contributed by atoms with van der Waals surface area (Å²) in [6, 6.07) is 19.5. The lowest BCUT2D eigenvalue weighted by Gasteiger charge is -2.40. The number of Topliss-reactive ketones (excluding diaryl/α,β-unsaturated/α-hetero) is 1. The standard InChI is InChI=1S/C31H27ClN4O4/c1-18-13-19(2)25(14-20(18)17-40-24-11-9-21(32)10-12-24)29-26(16-33)31(34)35(27-7-4-8-28(37)30(27)29)22-5-3-6-23(15-22)36(38)39/h3,5-6,9-15,29H,4,7-8,17,34H2,1-2H3. The van der Waals surface area contributed by atoms with E-state index < -0.39 is 10.8 Å². The topological polar surface area (TPSA) is 122 Å². The number of nitriles is 1. The van der Waals surface area contributed by atoms with Crippen molar-refractivity contribution in [3.05, 3.63) is 121 Å². The quantitative estimate of drug-likeness (QED) is 0.264. The third kappa shape index (κ3) is 4.92. The van der Waals surface area contributed by atoms with Crippen molar-refractivity contribution >= 4 is 28.8 Å². The molecule has 0 amide bonds. The number of nitrogens with zero attached hydrogens (tertiary/aromatic N) is 3. The number of allylic oxidation sites excluding steroid dienone is 3. The monoisotopic (exact) mass is 554 g/mol. The Morgan fingerprint density at radius 2 is 1.88 bits per heavy atom. The number of nitrogens with two attached hydrogens (primary N) is 1. The van der Waals surface area contributed by atoms with E-state index in [-0.39, 0.29) is 29.5 Å². The molecule has 1 unspecified atom stereocenters. The van der Waals surface area contributed by atoms with Gasteiger partial charge in [-0.3, -0.25) is 19.8 Å². The van der Waals surface area contributed by atoms with E-state index in [0.29, 0.717) is 47.0 Å². The smallest absolute Gasteiger partial charge is 0.271 e. The van der Waals surface area contributed by atoms with E-state index in [1.807, 2.05) is 26.0 Å². The third-order valence-electron chi connectivity index (χ3n) is 7.46. The fourth-order valence-corrected chi connectivity index (χ4v) is 5.64. The Hall–Kier alpha value is -4.61. The number of anilines is 1. The van der Waals surface area contributed by atoms with Crippen LogP contribution in [-0.2, 0) is 11.4 Å². The van der Waals surface area contributed by atoms with Crippen molar-refractivity contribution in [1.82, 2.24) is 0 Å². The molecular weight excluding hydrogens is 528 g/mol. The van der Waals surface area contributed by atoms with Crippen LogP contribution in [0.3, 0.4) is 0 Å². The summed E-state index contributed by atoms with van der Waals surface area (Å²) in [5, 5.41) is 22.5. The second-order valence-electron chi connectivity index (χ2n) is 9.97. The number of rotatable bonds is 6. The normalized spacial score (nSPS) is 17.0. The Morgan fingerprint density at radius 1 is 1.12 bits per heavy atom.